The summed E-state index contributed by atoms with van der Waals surface area (Å²) in [5.74, 6) is 0.576. The fourth-order valence-corrected chi connectivity index (χ4v) is 1.47. The molecule has 0 bridgehead atoms. The van der Waals surface area contributed by atoms with Gasteiger partial charge in [0.05, 0.1) is 5.69 Å². The molecular formula is C11H16N2O. The quantitative estimate of drug-likeness (QED) is 0.739. The van der Waals surface area contributed by atoms with Crippen LogP contribution in [0.1, 0.15) is 50.9 Å². The van der Waals surface area contributed by atoms with Gasteiger partial charge in [-0.1, -0.05) is 20.8 Å². The van der Waals surface area contributed by atoms with Crippen LogP contribution in [0.4, 0.5) is 0 Å². The molecule has 1 aliphatic carbocycles. The lowest BCUT2D eigenvalue weighted by Crippen LogP contribution is -2.22. The molecule has 0 saturated heterocycles. The Morgan fingerprint density at radius 2 is 2.07 bits per heavy atom. The Balaban J connectivity index is 2.46. The van der Waals surface area contributed by atoms with Gasteiger partial charge in [0.25, 0.3) is 0 Å². The molecule has 1 fully saturated rings. The van der Waals surface area contributed by atoms with Crippen LogP contribution in [0.15, 0.2) is 10.9 Å². The average molecular weight is 192 g/mol. The second-order valence-electron chi connectivity index (χ2n) is 5.05. The predicted molar refractivity (Wildman–Crippen MR) is 55.5 cm³/mol. The molecule has 0 aliphatic heterocycles. The van der Waals surface area contributed by atoms with Crippen molar-refractivity contribution in [2.45, 2.75) is 44.9 Å². The van der Waals surface area contributed by atoms with Crippen molar-refractivity contribution in [1.82, 2.24) is 9.97 Å². The van der Waals surface area contributed by atoms with Gasteiger partial charge in [-0.05, 0) is 24.8 Å². The molecule has 0 unspecified atom stereocenters. The first-order valence-electron chi connectivity index (χ1n) is 5.08. The van der Waals surface area contributed by atoms with E-state index in [-0.39, 0.29) is 11.1 Å². The van der Waals surface area contributed by atoms with Crippen molar-refractivity contribution in [3.05, 3.63) is 27.9 Å². The van der Waals surface area contributed by atoms with E-state index in [2.05, 4.69) is 30.7 Å². The van der Waals surface area contributed by atoms with Gasteiger partial charge in [0, 0.05) is 11.1 Å². The molecule has 1 N–H and O–H groups in total. The summed E-state index contributed by atoms with van der Waals surface area (Å²) in [4.78, 5) is 18.1. The van der Waals surface area contributed by atoms with Crippen molar-refractivity contribution >= 4 is 0 Å². The van der Waals surface area contributed by atoms with Gasteiger partial charge in [0.1, 0.15) is 0 Å². The molecule has 3 nitrogen and oxygen atoms in total. The number of rotatable bonds is 1. The second-order valence-corrected chi connectivity index (χ2v) is 5.05. The molecule has 1 aromatic heterocycles. The fourth-order valence-electron chi connectivity index (χ4n) is 1.47. The maximum Gasteiger partial charge on any atom is 0.345 e. The van der Waals surface area contributed by atoms with Crippen molar-refractivity contribution in [3.63, 3.8) is 0 Å². The first-order valence-corrected chi connectivity index (χ1v) is 5.08. The summed E-state index contributed by atoms with van der Waals surface area (Å²) in [5.41, 5.74) is 1.70. The zero-order valence-corrected chi connectivity index (χ0v) is 8.92. The van der Waals surface area contributed by atoms with Gasteiger partial charge in [-0.2, -0.15) is 4.98 Å². The zero-order valence-electron chi connectivity index (χ0n) is 8.92. The minimum Gasteiger partial charge on any atom is -0.310 e. The molecule has 1 aliphatic rings. The molecule has 0 amide bonds. The minimum absolute atomic E-state index is 0.0437. The highest BCUT2D eigenvalue weighted by molar-refractivity contribution is 5.21. The second kappa shape index (κ2) is 2.94. The molecule has 3 heteroatoms. The maximum absolute atomic E-state index is 11.3. The van der Waals surface area contributed by atoms with Crippen LogP contribution < -0.4 is 5.69 Å². The first kappa shape index (κ1) is 9.44. The average Bonchev–Trinajstić information content (AvgIpc) is 2.83. The molecule has 14 heavy (non-hydrogen) atoms. The van der Waals surface area contributed by atoms with E-state index in [0.29, 0.717) is 5.92 Å². The van der Waals surface area contributed by atoms with Crippen molar-refractivity contribution in [2.75, 3.05) is 0 Å². The van der Waals surface area contributed by atoms with Crippen LogP contribution >= 0.6 is 0 Å². The number of hydrogen-bond acceptors (Lipinski definition) is 2. The number of aromatic nitrogens is 2. The van der Waals surface area contributed by atoms with Crippen LogP contribution in [-0.2, 0) is 5.41 Å². The summed E-state index contributed by atoms with van der Waals surface area (Å²) in [6.45, 7) is 6.22. The van der Waals surface area contributed by atoms with Crippen LogP contribution in [0, 0.1) is 0 Å². The zero-order chi connectivity index (χ0) is 10.3. The maximum atomic E-state index is 11.3. The van der Waals surface area contributed by atoms with Gasteiger partial charge >= 0.3 is 5.69 Å². The summed E-state index contributed by atoms with van der Waals surface area (Å²) < 4.78 is 0. The number of nitrogens with zero attached hydrogens (tertiary/aromatic N) is 1. The molecule has 0 radical (unpaired) electrons. The summed E-state index contributed by atoms with van der Waals surface area (Å²) in [5, 5.41) is 0. The Hall–Kier alpha value is -1.12. The predicted octanol–water partition coefficient (Wildman–Crippen LogP) is 1.94. The molecule has 1 heterocycles. The van der Waals surface area contributed by atoms with Crippen molar-refractivity contribution in [2.24, 2.45) is 0 Å². The normalized spacial score (nSPS) is 17.1. The topological polar surface area (TPSA) is 45.8 Å². The molecule has 0 aromatic carbocycles. The SMILES string of the molecule is CC(C)(C)c1cc(C2CC2)[nH]c(=O)n1. The van der Waals surface area contributed by atoms with Crippen molar-refractivity contribution in [3.8, 4) is 0 Å². The van der Waals surface area contributed by atoms with Gasteiger partial charge in [-0.3, -0.25) is 0 Å². The van der Waals surface area contributed by atoms with Crippen molar-refractivity contribution in [1.29, 1.82) is 0 Å². The lowest BCUT2D eigenvalue weighted by Gasteiger charge is -2.17. The minimum atomic E-state index is -0.209. The van der Waals surface area contributed by atoms with E-state index in [9.17, 15) is 4.79 Å². The van der Waals surface area contributed by atoms with E-state index >= 15 is 0 Å². The Kier molecular flexibility index (Phi) is 1.98. The first-order chi connectivity index (χ1) is 6.47. The lowest BCUT2D eigenvalue weighted by molar-refractivity contribution is 0.561. The van der Waals surface area contributed by atoms with E-state index in [4.69, 9.17) is 0 Å². The summed E-state index contributed by atoms with van der Waals surface area (Å²) in [6, 6.07) is 2.04. The van der Waals surface area contributed by atoms with Crippen molar-refractivity contribution < 1.29 is 0 Å². The van der Waals surface area contributed by atoms with Crippen LogP contribution in [0.3, 0.4) is 0 Å². The van der Waals surface area contributed by atoms with Crippen LogP contribution in [-0.4, -0.2) is 9.97 Å². The highest BCUT2D eigenvalue weighted by Crippen LogP contribution is 2.39. The van der Waals surface area contributed by atoms with Gasteiger partial charge < -0.3 is 4.98 Å². The van der Waals surface area contributed by atoms with Crippen LogP contribution in [0.5, 0.6) is 0 Å². The fraction of sp³-hybridized carbons (Fsp3) is 0.636. The number of nitrogens with one attached hydrogen (secondary N) is 1. The van der Waals surface area contributed by atoms with E-state index < -0.39 is 0 Å². The highest BCUT2D eigenvalue weighted by Gasteiger charge is 2.26. The molecule has 1 saturated carbocycles. The van der Waals surface area contributed by atoms with Crippen LogP contribution in [0.2, 0.25) is 0 Å². The molecule has 0 spiro atoms. The van der Waals surface area contributed by atoms with E-state index in [1.165, 1.54) is 12.8 Å². The Bertz CT molecular complexity index is 396. The Morgan fingerprint density at radius 1 is 1.43 bits per heavy atom. The van der Waals surface area contributed by atoms with E-state index in [1.54, 1.807) is 0 Å². The third-order valence-corrected chi connectivity index (χ3v) is 2.55. The Labute approximate surface area is 83.6 Å². The number of aromatic amines is 1. The number of H-pyrrole nitrogens is 1. The number of hydrogen-bond donors (Lipinski definition) is 1. The molecular weight excluding hydrogens is 176 g/mol. The monoisotopic (exact) mass is 192 g/mol. The van der Waals surface area contributed by atoms with Crippen LogP contribution in [0.25, 0.3) is 0 Å². The summed E-state index contributed by atoms with van der Waals surface area (Å²) >= 11 is 0. The van der Waals surface area contributed by atoms with Gasteiger partial charge in [-0.25, -0.2) is 4.79 Å². The molecule has 2 rings (SSSR count). The standard InChI is InChI=1S/C11H16N2O/c1-11(2,3)9-6-8(7-4-5-7)12-10(14)13-9/h6-7H,4-5H2,1-3H3,(H,12,13,14). The smallest absolute Gasteiger partial charge is 0.310 e. The van der Waals surface area contributed by atoms with E-state index in [1.807, 2.05) is 6.07 Å². The highest BCUT2D eigenvalue weighted by atomic mass is 16.1. The summed E-state index contributed by atoms with van der Waals surface area (Å²) in [6.07, 6.45) is 2.40. The largest absolute Gasteiger partial charge is 0.345 e. The van der Waals surface area contributed by atoms with E-state index in [0.717, 1.165) is 11.4 Å². The third-order valence-electron chi connectivity index (χ3n) is 2.55. The van der Waals surface area contributed by atoms with Gasteiger partial charge in [-0.15, -0.1) is 0 Å². The third kappa shape index (κ3) is 1.86. The molecule has 0 atom stereocenters. The van der Waals surface area contributed by atoms with Gasteiger partial charge in [0.2, 0.25) is 0 Å². The molecule has 76 valence electrons. The Morgan fingerprint density at radius 3 is 2.57 bits per heavy atom. The van der Waals surface area contributed by atoms with Gasteiger partial charge in [0.15, 0.2) is 0 Å². The molecule has 1 aromatic rings. The summed E-state index contributed by atoms with van der Waals surface area (Å²) in [7, 11) is 0. The lowest BCUT2D eigenvalue weighted by atomic mass is 9.91.